The highest BCUT2D eigenvalue weighted by molar-refractivity contribution is 8.00. The summed E-state index contributed by atoms with van der Waals surface area (Å²) < 4.78 is 53.6. The maximum atomic E-state index is 13.7. The van der Waals surface area contributed by atoms with Gasteiger partial charge in [-0.25, -0.2) is 17.2 Å². The molecule has 2 aromatic rings. The quantitative estimate of drug-likeness (QED) is 0.618. The number of carbonyl (C=O) groups is 1. The van der Waals surface area contributed by atoms with E-state index in [4.69, 9.17) is 0 Å². The Labute approximate surface area is 174 Å². The lowest BCUT2D eigenvalue weighted by atomic mass is 10.1. The van der Waals surface area contributed by atoms with Crippen molar-refractivity contribution >= 4 is 33.4 Å². The molecule has 1 N–H and O–H groups in total. The molecule has 29 heavy (non-hydrogen) atoms. The van der Waals surface area contributed by atoms with E-state index in [1.165, 1.54) is 16.4 Å². The second-order valence-corrected chi connectivity index (χ2v) is 9.37. The highest BCUT2D eigenvalue weighted by Crippen LogP contribution is 2.27. The summed E-state index contributed by atoms with van der Waals surface area (Å²) in [6, 6.07) is 6.18. The van der Waals surface area contributed by atoms with Crippen LogP contribution in [0.5, 0.6) is 0 Å². The summed E-state index contributed by atoms with van der Waals surface area (Å²) in [5, 5.41) is 2.70. The molecule has 1 amide bonds. The van der Waals surface area contributed by atoms with E-state index in [0.29, 0.717) is 18.8 Å². The number of amides is 1. The molecule has 5 nitrogen and oxygen atoms in total. The van der Waals surface area contributed by atoms with Gasteiger partial charge >= 0.3 is 0 Å². The molecule has 0 aliphatic carbocycles. The Morgan fingerprint density at radius 3 is 2.34 bits per heavy atom. The predicted molar refractivity (Wildman–Crippen MR) is 112 cm³/mol. The number of rotatable bonds is 8. The SMILES string of the molecule is CCN(CC)S(=O)(=O)c1cc(C)c(C)c(NC(=O)CSc2ccc(F)cc2F)c1. The molecule has 0 aliphatic rings. The molecule has 0 aromatic heterocycles. The van der Waals surface area contributed by atoms with Crippen LogP contribution in [-0.4, -0.2) is 37.5 Å². The molecule has 158 valence electrons. The Morgan fingerprint density at radius 1 is 1.10 bits per heavy atom. The second kappa shape index (κ2) is 9.69. The summed E-state index contributed by atoms with van der Waals surface area (Å²) in [6.45, 7) is 7.76. The van der Waals surface area contributed by atoms with Gasteiger partial charge in [0, 0.05) is 29.7 Å². The van der Waals surface area contributed by atoms with E-state index < -0.39 is 27.6 Å². The first kappa shape index (κ1) is 23.3. The van der Waals surface area contributed by atoms with E-state index in [1.54, 1.807) is 33.8 Å². The number of sulfonamides is 1. The Hall–Kier alpha value is -1.97. The van der Waals surface area contributed by atoms with Crippen LogP contribution in [0.3, 0.4) is 0 Å². The Bertz CT molecular complexity index is 1010. The molecular weight excluding hydrogens is 418 g/mol. The van der Waals surface area contributed by atoms with Gasteiger partial charge in [-0.1, -0.05) is 13.8 Å². The van der Waals surface area contributed by atoms with E-state index in [2.05, 4.69) is 5.32 Å². The Balaban J connectivity index is 2.21. The van der Waals surface area contributed by atoms with Gasteiger partial charge in [0.25, 0.3) is 0 Å². The van der Waals surface area contributed by atoms with Crippen molar-refractivity contribution in [2.75, 3.05) is 24.2 Å². The minimum Gasteiger partial charge on any atom is -0.325 e. The fourth-order valence-corrected chi connectivity index (χ4v) is 5.03. The zero-order chi connectivity index (χ0) is 21.8. The van der Waals surface area contributed by atoms with Gasteiger partial charge in [0.1, 0.15) is 11.6 Å². The molecule has 0 heterocycles. The molecule has 2 rings (SSSR count). The zero-order valence-corrected chi connectivity index (χ0v) is 18.4. The molecule has 0 radical (unpaired) electrons. The number of thioether (sulfide) groups is 1. The highest BCUT2D eigenvalue weighted by atomic mass is 32.2. The molecule has 0 spiro atoms. The molecule has 0 unspecified atom stereocenters. The summed E-state index contributed by atoms with van der Waals surface area (Å²) in [6.07, 6.45) is 0. The van der Waals surface area contributed by atoms with Crippen LogP contribution in [0.15, 0.2) is 40.1 Å². The van der Waals surface area contributed by atoms with Crippen molar-refractivity contribution in [2.24, 2.45) is 0 Å². The minimum absolute atomic E-state index is 0.103. The number of anilines is 1. The number of halogens is 2. The summed E-state index contributed by atoms with van der Waals surface area (Å²) in [4.78, 5) is 12.6. The van der Waals surface area contributed by atoms with Crippen LogP contribution in [0.4, 0.5) is 14.5 Å². The van der Waals surface area contributed by atoms with Crippen LogP contribution >= 0.6 is 11.8 Å². The number of benzene rings is 2. The van der Waals surface area contributed by atoms with E-state index in [1.807, 2.05) is 0 Å². The molecule has 0 saturated heterocycles. The van der Waals surface area contributed by atoms with Crippen molar-refractivity contribution in [3.63, 3.8) is 0 Å². The van der Waals surface area contributed by atoms with Gasteiger partial charge < -0.3 is 5.32 Å². The monoisotopic (exact) mass is 442 g/mol. The average molecular weight is 443 g/mol. The largest absolute Gasteiger partial charge is 0.325 e. The standard InChI is InChI=1S/C20H24F2N2O3S2/c1-5-24(6-2)29(26,27)16-9-13(3)14(4)18(11-16)23-20(25)12-28-19-8-7-15(21)10-17(19)22/h7-11H,5-6,12H2,1-4H3,(H,23,25). The van der Waals surface area contributed by atoms with E-state index in [0.717, 1.165) is 35.0 Å². The van der Waals surface area contributed by atoms with Gasteiger partial charge in [-0.05, 0) is 49.2 Å². The highest BCUT2D eigenvalue weighted by Gasteiger charge is 2.23. The number of hydrogen-bond donors (Lipinski definition) is 1. The first-order valence-corrected chi connectivity index (χ1v) is 11.5. The number of aryl methyl sites for hydroxylation is 1. The third kappa shape index (κ3) is 5.55. The minimum atomic E-state index is -3.67. The summed E-state index contributed by atoms with van der Waals surface area (Å²) >= 11 is 0.935. The van der Waals surface area contributed by atoms with Crippen LogP contribution < -0.4 is 5.32 Å². The number of hydrogen-bond acceptors (Lipinski definition) is 4. The fraction of sp³-hybridized carbons (Fsp3) is 0.350. The van der Waals surface area contributed by atoms with Crippen LogP contribution in [0.25, 0.3) is 0 Å². The third-order valence-electron chi connectivity index (χ3n) is 4.51. The number of nitrogens with one attached hydrogen (secondary N) is 1. The smallest absolute Gasteiger partial charge is 0.243 e. The molecule has 0 saturated carbocycles. The second-order valence-electron chi connectivity index (χ2n) is 6.41. The van der Waals surface area contributed by atoms with Crippen molar-refractivity contribution < 1.29 is 22.0 Å². The van der Waals surface area contributed by atoms with E-state index in [9.17, 15) is 22.0 Å². The van der Waals surface area contributed by atoms with Gasteiger partial charge in [-0.2, -0.15) is 4.31 Å². The zero-order valence-electron chi connectivity index (χ0n) is 16.8. The van der Waals surface area contributed by atoms with Crippen molar-refractivity contribution in [3.8, 4) is 0 Å². The lowest BCUT2D eigenvalue weighted by Crippen LogP contribution is -2.30. The predicted octanol–water partition coefficient (Wildman–Crippen LogP) is 4.34. The first-order chi connectivity index (χ1) is 13.6. The third-order valence-corrected chi connectivity index (χ3v) is 7.59. The summed E-state index contributed by atoms with van der Waals surface area (Å²) in [7, 11) is -3.67. The van der Waals surface area contributed by atoms with Crippen molar-refractivity contribution in [1.29, 1.82) is 0 Å². The van der Waals surface area contributed by atoms with Crippen molar-refractivity contribution in [2.45, 2.75) is 37.5 Å². The van der Waals surface area contributed by atoms with Crippen molar-refractivity contribution in [3.05, 3.63) is 53.1 Å². The Morgan fingerprint density at radius 2 is 1.76 bits per heavy atom. The summed E-state index contributed by atoms with van der Waals surface area (Å²) in [5.41, 5.74) is 1.86. The molecule has 0 bridgehead atoms. The maximum absolute atomic E-state index is 13.7. The van der Waals surface area contributed by atoms with Gasteiger partial charge in [0.2, 0.25) is 15.9 Å². The van der Waals surface area contributed by atoms with Crippen LogP contribution in [0.1, 0.15) is 25.0 Å². The van der Waals surface area contributed by atoms with Crippen LogP contribution in [-0.2, 0) is 14.8 Å². The van der Waals surface area contributed by atoms with Gasteiger partial charge in [-0.3, -0.25) is 4.79 Å². The van der Waals surface area contributed by atoms with Gasteiger partial charge in [0.15, 0.2) is 0 Å². The van der Waals surface area contributed by atoms with Crippen molar-refractivity contribution in [1.82, 2.24) is 4.31 Å². The molecule has 0 aliphatic heterocycles. The lowest BCUT2D eigenvalue weighted by molar-refractivity contribution is -0.113. The number of nitrogens with zero attached hydrogens (tertiary/aromatic N) is 1. The van der Waals surface area contributed by atoms with E-state index >= 15 is 0 Å². The fourth-order valence-electron chi connectivity index (χ4n) is 2.74. The van der Waals surface area contributed by atoms with Crippen LogP contribution in [0.2, 0.25) is 0 Å². The average Bonchev–Trinajstić information content (AvgIpc) is 2.65. The lowest BCUT2D eigenvalue weighted by Gasteiger charge is -2.20. The molecule has 0 fully saturated rings. The molecule has 2 aromatic carbocycles. The first-order valence-electron chi connectivity index (χ1n) is 9.09. The van der Waals surface area contributed by atoms with Crippen LogP contribution in [0, 0.1) is 25.5 Å². The van der Waals surface area contributed by atoms with Gasteiger partial charge in [-0.15, -0.1) is 11.8 Å². The number of carbonyl (C=O) groups excluding carboxylic acids is 1. The Kier molecular flexibility index (Phi) is 7.79. The molecule has 0 atom stereocenters. The topological polar surface area (TPSA) is 66.5 Å². The molecule has 9 heteroatoms. The normalized spacial score (nSPS) is 11.7. The maximum Gasteiger partial charge on any atom is 0.243 e. The van der Waals surface area contributed by atoms with Gasteiger partial charge in [0.05, 0.1) is 10.6 Å². The van der Waals surface area contributed by atoms with E-state index in [-0.39, 0.29) is 15.5 Å². The molecular formula is C20H24F2N2O3S2. The summed E-state index contributed by atoms with van der Waals surface area (Å²) in [5.74, 6) is -1.94.